The maximum atomic E-state index is 10.4. The average Bonchev–Trinajstić information content (AvgIpc) is 2.20. The number of hydrogen-bond acceptors (Lipinski definition) is 3. The Morgan fingerprint density at radius 2 is 2.33 bits per heavy atom. The molecule has 0 saturated carbocycles. The van der Waals surface area contributed by atoms with Gasteiger partial charge in [-0.3, -0.25) is 10.1 Å². The molecule has 4 nitrogen and oxygen atoms in total. The highest BCUT2D eigenvalue weighted by Crippen LogP contribution is 2.23. The van der Waals surface area contributed by atoms with Gasteiger partial charge in [-0.1, -0.05) is 23.8 Å². The van der Waals surface area contributed by atoms with Crippen molar-refractivity contribution in [3.05, 3.63) is 45.0 Å². The van der Waals surface area contributed by atoms with Crippen molar-refractivity contribution in [1.82, 2.24) is 5.32 Å². The van der Waals surface area contributed by atoms with Crippen LogP contribution in [0, 0.1) is 10.1 Å². The van der Waals surface area contributed by atoms with E-state index in [4.69, 9.17) is 11.6 Å². The first-order chi connectivity index (χ1) is 7.15. The van der Waals surface area contributed by atoms with Gasteiger partial charge in [0.05, 0.1) is 9.95 Å². The number of benzene rings is 1. The molecule has 1 aromatic carbocycles. The molecule has 15 heavy (non-hydrogen) atoms. The van der Waals surface area contributed by atoms with Gasteiger partial charge in [0.1, 0.15) is 0 Å². The minimum Gasteiger partial charge on any atom is -0.316 e. The molecule has 1 rings (SSSR count). The summed E-state index contributed by atoms with van der Waals surface area (Å²) in [4.78, 5) is 9.98. The van der Waals surface area contributed by atoms with Gasteiger partial charge in [0.15, 0.2) is 0 Å². The molecule has 0 radical (unpaired) electrons. The summed E-state index contributed by atoms with van der Waals surface area (Å²) in [5, 5.41) is 13.8. The Morgan fingerprint density at radius 1 is 1.60 bits per heavy atom. The van der Waals surface area contributed by atoms with Gasteiger partial charge in [-0.25, -0.2) is 0 Å². The number of nitro groups is 1. The molecule has 0 bridgehead atoms. The molecule has 0 atom stereocenters. The van der Waals surface area contributed by atoms with E-state index in [1.165, 1.54) is 12.1 Å². The van der Waals surface area contributed by atoms with Crippen LogP contribution in [-0.4, -0.2) is 18.5 Å². The molecule has 0 unspecified atom stereocenters. The molecular formula is C10H11ClN2O2. The molecule has 0 fully saturated rings. The van der Waals surface area contributed by atoms with Gasteiger partial charge in [-0.05, 0) is 18.7 Å². The second kappa shape index (κ2) is 5.48. The molecular weight excluding hydrogens is 216 g/mol. The zero-order valence-corrected chi connectivity index (χ0v) is 8.99. The predicted octanol–water partition coefficient (Wildman–Crippen LogP) is 2.48. The molecule has 0 aliphatic rings. The third-order valence-electron chi connectivity index (χ3n) is 1.81. The van der Waals surface area contributed by atoms with Crippen LogP contribution in [0.4, 0.5) is 5.69 Å². The molecule has 0 saturated heterocycles. The van der Waals surface area contributed by atoms with Crippen LogP contribution >= 0.6 is 11.6 Å². The van der Waals surface area contributed by atoms with Gasteiger partial charge in [0.25, 0.3) is 5.69 Å². The summed E-state index contributed by atoms with van der Waals surface area (Å²) in [5.41, 5.74) is 0.781. The number of nitrogens with one attached hydrogen (secondary N) is 1. The molecule has 1 aromatic rings. The summed E-state index contributed by atoms with van der Waals surface area (Å²) >= 11 is 5.88. The molecule has 0 aromatic heterocycles. The Hall–Kier alpha value is -1.39. The fraction of sp³-hybridized carbons (Fsp3) is 0.200. The van der Waals surface area contributed by atoms with Gasteiger partial charge in [-0.15, -0.1) is 0 Å². The van der Waals surface area contributed by atoms with E-state index in [0.29, 0.717) is 5.02 Å². The maximum absolute atomic E-state index is 10.4. The molecule has 80 valence electrons. The van der Waals surface area contributed by atoms with Gasteiger partial charge in [0.2, 0.25) is 0 Å². The number of hydrogen-bond donors (Lipinski definition) is 1. The van der Waals surface area contributed by atoms with Crippen LogP contribution in [-0.2, 0) is 0 Å². The second-order valence-electron chi connectivity index (χ2n) is 2.92. The summed E-state index contributed by atoms with van der Waals surface area (Å²) in [6, 6.07) is 4.41. The molecule has 1 N–H and O–H groups in total. The van der Waals surface area contributed by atoms with Crippen LogP contribution in [0.5, 0.6) is 0 Å². The van der Waals surface area contributed by atoms with Gasteiger partial charge >= 0.3 is 0 Å². The number of nitrogens with zero attached hydrogens (tertiary/aromatic N) is 1. The lowest BCUT2D eigenvalue weighted by atomic mass is 10.2. The Labute approximate surface area is 92.7 Å². The zero-order valence-electron chi connectivity index (χ0n) is 8.24. The highest BCUT2D eigenvalue weighted by Gasteiger charge is 2.07. The predicted molar refractivity (Wildman–Crippen MR) is 61.1 cm³/mol. The molecule has 0 aliphatic heterocycles. The fourth-order valence-electron chi connectivity index (χ4n) is 1.07. The molecule has 0 spiro atoms. The van der Waals surface area contributed by atoms with Crippen LogP contribution in [0.25, 0.3) is 6.08 Å². The lowest BCUT2D eigenvalue weighted by Crippen LogP contribution is -2.03. The maximum Gasteiger partial charge on any atom is 0.270 e. The van der Waals surface area contributed by atoms with E-state index in [1.54, 1.807) is 6.07 Å². The van der Waals surface area contributed by atoms with E-state index < -0.39 is 4.92 Å². The van der Waals surface area contributed by atoms with Crippen molar-refractivity contribution in [1.29, 1.82) is 0 Å². The van der Waals surface area contributed by atoms with Crippen molar-refractivity contribution in [2.45, 2.75) is 0 Å². The minimum atomic E-state index is -0.465. The smallest absolute Gasteiger partial charge is 0.270 e. The lowest BCUT2D eigenvalue weighted by molar-refractivity contribution is -0.384. The number of halogens is 1. The summed E-state index contributed by atoms with van der Waals surface area (Å²) < 4.78 is 0. The molecule has 5 heteroatoms. The largest absolute Gasteiger partial charge is 0.316 e. The molecule has 0 aliphatic carbocycles. The zero-order chi connectivity index (χ0) is 11.3. The van der Waals surface area contributed by atoms with Crippen LogP contribution in [0.2, 0.25) is 5.02 Å². The van der Waals surface area contributed by atoms with Crippen molar-refractivity contribution in [2.24, 2.45) is 0 Å². The highest BCUT2D eigenvalue weighted by atomic mass is 35.5. The average molecular weight is 227 g/mol. The summed E-state index contributed by atoms with van der Waals surface area (Å²) in [6.07, 6.45) is 3.72. The Bertz CT molecular complexity index is 391. The van der Waals surface area contributed by atoms with Crippen LogP contribution in [0.1, 0.15) is 5.56 Å². The molecule has 0 amide bonds. The van der Waals surface area contributed by atoms with Crippen molar-refractivity contribution in [3.8, 4) is 0 Å². The number of rotatable bonds is 4. The highest BCUT2D eigenvalue weighted by molar-refractivity contribution is 6.32. The quantitative estimate of drug-likeness (QED) is 0.634. The van der Waals surface area contributed by atoms with Crippen LogP contribution in [0.3, 0.4) is 0 Å². The topological polar surface area (TPSA) is 55.2 Å². The third kappa shape index (κ3) is 3.34. The van der Waals surface area contributed by atoms with Crippen molar-refractivity contribution >= 4 is 23.4 Å². The Kier molecular flexibility index (Phi) is 4.27. The number of likely N-dealkylation sites (N-methyl/N-ethyl adjacent to an activating group) is 1. The SMILES string of the molecule is CNCC=Cc1ccc([N+](=O)[O-])cc1Cl. The lowest BCUT2D eigenvalue weighted by Gasteiger charge is -1.98. The fourth-order valence-corrected chi connectivity index (χ4v) is 1.31. The summed E-state index contributed by atoms with van der Waals surface area (Å²) in [6.45, 7) is 0.729. The third-order valence-corrected chi connectivity index (χ3v) is 2.14. The number of nitro benzene ring substituents is 1. The second-order valence-corrected chi connectivity index (χ2v) is 3.33. The Morgan fingerprint density at radius 3 is 2.87 bits per heavy atom. The van der Waals surface area contributed by atoms with E-state index in [9.17, 15) is 10.1 Å². The van der Waals surface area contributed by atoms with Crippen LogP contribution < -0.4 is 5.32 Å². The first kappa shape index (κ1) is 11.7. The van der Waals surface area contributed by atoms with Crippen LogP contribution in [0.15, 0.2) is 24.3 Å². The van der Waals surface area contributed by atoms with Gasteiger partial charge in [0, 0.05) is 18.7 Å². The van der Waals surface area contributed by atoms with Crippen molar-refractivity contribution < 1.29 is 4.92 Å². The van der Waals surface area contributed by atoms with Gasteiger partial charge < -0.3 is 5.32 Å². The monoisotopic (exact) mass is 226 g/mol. The first-order valence-corrected chi connectivity index (χ1v) is 4.78. The summed E-state index contributed by atoms with van der Waals surface area (Å²) in [7, 11) is 1.84. The van der Waals surface area contributed by atoms with Crippen molar-refractivity contribution in [2.75, 3.05) is 13.6 Å². The molecule has 0 heterocycles. The van der Waals surface area contributed by atoms with E-state index in [0.717, 1.165) is 12.1 Å². The normalized spacial score (nSPS) is 10.8. The van der Waals surface area contributed by atoms with E-state index >= 15 is 0 Å². The minimum absolute atomic E-state index is 0.00534. The van der Waals surface area contributed by atoms with E-state index in [-0.39, 0.29) is 5.69 Å². The Balaban J connectivity index is 2.88. The summed E-state index contributed by atoms with van der Waals surface area (Å²) in [5.74, 6) is 0. The standard InChI is InChI=1S/C10H11ClN2O2/c1-12-6-2-3-8-4-5-9(13(14)15)7-10(8)11/h2-5,7,12H,6H2,1H3. The van der Waals surface area contributed by atoms with E-state index in [1.807, 2.05) is 19.2 Å². The van der Waals surface area contributed by atoms with Gasteiger partial charge in [-0.2, -0.15) is 0 Å². The van der Waals surface area contributed by atoms with Crippen molar-refractivity contribution in [3.63, 3.8) is 0 Å². The first-order valence-electron chi connectivity index (χ1n) is 4.40. The van der Waals surface area contributed by atoms with E-state index in [2.05, 4.69) is 5.32 Å². The number of non-ortho nitro benzene ring substituents is 1.